The predicted octanol–water partition coefficient (Wildman–Crippen LogP) is -0.0307. The van der Waals surface area contributed by atoms with Gasteiger partial charge in [-0.2, -0.15) is 0 Å². The van der Waals surface area contributed by atoms with Gasteiger partial charge in [0.15, 0.2) is 0 Å². The van der Waals surface area contributed by atoms with Gasteiger partial charge in [-0.15, -0.1) is 0 Å². The van der Waals surface area contributed by atoms with Crippen molar-refractivity contribution in [1.29, 1.82) is 0 Å². The highest BCUT2D eigenvalue weighted by atomic mass is 16.4. The molecule has 0 aromatic carbocycles. The average Bonchev–Trinajstić information content (AvgIpc) is 3.10. The fraction of sp³-hybridized carbons (Fsp3) is 0.750. The maximum Gasteiger partial charge on any atom is 0.317 e. The number of hydrogen-bond donors (Lipinski definition) is 2. The molecule has 0 aromatic rings. The monoisotopic (exact) mass is 271 g/mol. The SMILES string of the molecule is CN(C)C(=O)CN(C)C(=O)NC(CC(=O)O)C1CC1. The fourth-order valence-electron chi connectivity index (χ4n) is 1.71. The van der Waals surface area contributed by atoms with E-state index < -0.39 is 12.0 Å². The van der Waals surface area contributed by atoms with E-state index in [1.54, 1.807) is 14.1 Å². The molecule has 1 fully saturated rings. The third-order valence-electron chi connectivity index (χ3n) is 3.11. The maximum absolute atomic E-state index is 11.9. The second-order valence-electron chi connectivity index (χ2n) is 5.14. The molecule has 19 heavy (non-hydrogen) atoms. The molecule has 0 heterocycles. The first-order valence-corrected chi connectivity index (χ1v) is 6.24. The Morgan fingerprint density at radius 2 is 1.84 bits per heavy atom. The van der Waals surface area contributed by atoms with E-state index in [0.717, 1.165) is 12.8 Å². The van der Waals surface area contributed by atoms with Gasteiger partial charge in [-0.25, -0.2) is 4.79 Å². The molecule has 2 N–H and O–H groups in total. The summed E-state index contributed by atoms with van der Waals surface area (Å²) in [6.07, 6.45) is 1.81. The smallest absolute Gasteiger partial charge is 0.317 e. The molecule has 1 aliphatic rings. The minimum atomic E-state index is -0.927. The Bertz CT molecular complexity index is 366. The summed E-state index contributed by atoms with van der Waals surface area (Å²) in [6.45, 7) is -0.0245. The summed E-state index contributed by atoms with van der Waals surface area (Å²) in [7, 11) is 4.75. The Labute approximate surface area is 112 Å². The summed E-state index contributed by atoms with van der Waals surface area (Å²) >= 11 is 0. The van der Waals surface area contributed by atoms with Crippen LogP contribution in [0.2, 0.25) is 0 Å². The molecule has 1 aliphatic carbocycles. The van der Waals surface area contributed by atoms with E-state index in [0.29, 0.717) is 0 Å². The average molecular weight is 271 g/mol. The lowest BCUT2D eigenvalue weighted by molar-refractivity contribution is -0.137. The van der Waals surface area contributed by atoms with Gasteiger partial charge in [0.1, 0.15) is 6.54 Å². The lowest BCUT2D eigenvalue weighted by Gasteiger charge is -2.23. The van der Waals surface area contributed by atoms with E-state index in [1.807, 2.05) is 0 Å². The second-order valence-corrected chi connectivity index (χ2v) is 5.14. The molecule has 0 spiro atoms. The topological polar surface area (TPSA) is 90.0 Å². The van der Waals surface area contributed by atoms with Gasteiger partial charge in [0.25, 0.3) is 0 Å². The standard InChI is InChI=1S/C12H21N3O4/c1-14(2)10(16)7-15(3)12(19)13-9(6-11(17)18)8-4-5-8/h8-9H,4-7H2,1-3H3,(H,13,19)(H,17,18). The highest BCUT2D eigenvalue weighted by Crippen LogP contribution is 2.34. The van der Waals surface area contributed by atoms with E-state index in [-0.39, 0.29) is 30.8 Å². The summed E-state index contributed by atoms with van der Waals surface area (Å²) < 4.78 is 0. The van der Waals surface area contributed by atoms with Gasteiger partial charge in [-0.05, 0) is 18.8 Å². The third kappa shape index (κ3) is 5.15. The molecule has 1 unspecified atom stereocenters. The lowest BCUT2D eigenvalue weighted by Crippen LogP contribution is -2.47. The van der Waals surface area contributed by atoms with Crippen molar-refractivity contribution in [2.24, 2.45) is 5.92 Å². The minimum absolute atomic E-state index is 0.0245. The molecule has 0 bridgehead atoms. The van der Waals surface area contributed by atoms with E-state index in [1.165, 1.54) is 16.8 Å². The second kappa shape index (κ2) is 6.40. The van der Waals surface area contributed by atoms with Crippen LogP contribution in [0, 0.1) is 5.92 Å². The van der Waals surface area contributed by atoms with Gasteiger partial charge in [-0.1, -0.05) is 0 Å². The fourth-order valence-corrected chi connectivity index (χ4v) is 1.71. The largest absolute Gasteiger partial charge is 0.481 e. The number of amides is 3. The van der Waals surface area contributed by atoms with Gasteiger partial charge < -0.3 is 20.2 Å². The Balaban J connectivity index is 2.47. The number of likely N-dealkylation sites (N-methyl/N-ethyl adjacent to an activating group) is 2. The number of carbonyl (C=O) groups is 3. The molecule has 1 saturated carbocycles. The van der Waals surface area contributed by atoms with Crippen LogP contribution in [0.1, 0.15) is 19.3 Å². The van der Waals surface area contributed by atoms with Gasteiger partial charge >= 0.3 is 12.0 Å². The normalized spacial score (nSPS) is 15.5. The van der Waals surface area contributed by atoms with Gasteiger partial charge in [0, 0.05) is 27.2 Å². The number of carbonyl (C=O) groups excluding carboxylic acids is 2. The first-order valence-electron chi connectivity index (χ1n) is 6.24. The van der Waals surface area contributed by atoms with Crippen LogP contribution in [0.25, 0.3) is 0 Å². The summed E-state index contributed by atoms with van der Waals surface area (Å²) in [5, 5.41) is 11.5. The van der Waals surface area contributed by atoms with Crippen LogP contribution in [0.3, 0.4) is 0 Å². The van der Waals surface area contributed by atoms with Crippen LogP contribution in [0.15, 0.2) is 0 Å². The van der Waals surface area contributed by atoms with E-state index >= 15 is 0 Å². The van der Waals surface area contributed by atoms with Crippen molar-refractivity contribution in [3.63, 3.8) is 0 Å². The van der Waals surface area contributed by atoms with Crippen LogP contribution in [-0.2, 0) is 9.59 Å². The van der Waals surface area contributed by atoms with Crippen molar-refractivity contribution in [2.75, 3.05) is 27.7 Å². The molecule has 3 amide bonds. The molecule has 0 radical (unpaired) electrons. The summed E-state index contributed by atoms with van der Waals surface area (Å²) in [6, 6.07) is -0.754. The molecule has 7 heteroatoms. The van der Waals surface area contributed by atoms with E-state index in [2.05, 4.69) is 5.32 Å². The Kier molecular flexibility index (Phi) is 5.14. The number of nitrogens with zero attached hydrogens (tertiary/aromatic N) is 2. The number of urea groups is 1. The quantitative estimate of drug-likeness (QED) is 0.710. The molecule has 7 nitrogen and oxygen atoms in total. The van der Waals surface area contributed by atoms with Gasteiger partial charge in [0.2, 0.25) is 5.91 Å². The van der Waals surface area contributed by atoms with E-state index in [4.69, 9.17) is 5.11 Å². The van der Waals surface area contributed by atoms with Crippen molar-refractivity contribution in [3.8, 4) is 0 Å². The Morgan fingerprint density at radius 3 is 2.26 bits per heavy atom. The number of aliphatic carboxylic acids is 1. The number of carboxylic acid groups (broad SMARTS) is 1. The van der Waals surface area contributed by atoms with Crippen LogP contribution in [0.5, 0.6) is 0 Å². The van der Waals surface area contributed by atoms with Crippen molar-refractivity contribution in [2.45, 2.75) is 25.3 Å². The third-order valence-corrected chi connectivity index (χ3v) is 3.11. The first-order chi connectivity index (χ1) is 8.81. The highest BCUT2D eigenvalue weighted by Gasteiger charge is 2.34. The lowest BCUT2D eigenvalue weighted by atomic mass is 10.1. The Hall–Kier alpha value is -1.79. The van der Waals surface area contributed by atoms with Crippen LogP contribution in [-0.4, -0.2) is 66.5 Å². The zero-order valence-electron chi connectivity index (χ0n) is 11.5. The number of nitrogens with one attached hydrogen (secondary N) is 1. The van der Waals surface area contributed by atoms with Crippen LogP contribution >= 0.6 is 0 Å². The highest BCUT2D eigenvalue weighted by molar-refractivity contribution is 5.84. The van der Waals surface area contributed by atoms with Crippen molar-refractivity contribution >= 4 is 17.9 Å². The predicted molar refractivity (Wildman–Crippen MR) is 68.6 cm³/mol. The first kappa shape index (κ1) is 15.3. The van der Waals surface area contributed by atoms with Crippen LogP contribution < -0.4 is 5.32 Å². The van der Waals surface area contributed by atoms with Crippen molar-refractivity contribution in [3.05, 3.63) is 0 Å². The molecule has 0 saturated heterocycles. The number of rotatable bonds is 6. The van der Waals surface area contributed by atoms with Crippen molar-refractivity contribution in [1.82, 2.24) is 15.1 Å². The van der Waals surface area contributed by atoms with E-state index in [9.17, 15) is 14.4 Å². The molecular formula is C12H21N3O4. The summed E-state index contributed by atoms with van der Waals surface area (Å²) in [5.41, 5.74) is 0. The number of carboxylic acids is 1. The minimum Gasteiger partial charge on any atom is -0.481 e. The molecule has 108 valence electrons. The molecule has 0 aromatic heterocycles. The zero-order valence-corrected chi connectivity index (χ0v) is 11.5. The summed E-state index contributed by atoms with van der Waals surface area (Å²) in [5.74, 6) is -0.860. The molecule has 0 aliphatic heterocycles. The van der Waals surface area contributed by atoms with Gasteiger partial charge in [-0.3, -0.25) is 9.59 Å². The molecule has 1 atom stereocenters. The van der Waals surface area contributed by atoms with Crippen molar-refractivity contribution < 1.29 is 19.5 Å². The van der Waals surface area contributed by atoms with Gasteiger partial charge in [0.05, 0.1) is 6.42 Å². The maximum atomic E-state index is 11.9. The summed E-state index contributed by atoms with van der Waals surface area (Å²) in [4.78, 5) is 36.8. The molecule has 1 rings (SSSR count). The molecular weight excluding hydrogens is 250 g/mol. The zero-order chi connectivity index (χ0) is 14.6. The number of hydrogen-bond acceptors (Lipinski definition) is 3. The Morgan fingerprint density at radius 1 is 1.26 bits per heavy atom. The van der Waals surface area contributed by atoms with Crippen LogP contribution in [0.4, 0.5) is 4.79 Å².